The molecule has 3 heterocycles. The molecule has 0 bridgehead atoms. The molecular weight excluding hydrogens is 686 g/mol. The third kappa shape index (κ3) is 12.7. The number of rotatable bonds is 5. The lowest BCUT2D eigenvalue weighted by Crippen LogP contribution is -2.46. The van der Waals surface area contributed by atoms with Gasteiger partial charge in [0.15, 0.2) is 26.4 Å². The van der Waals surface area contributed by atoms with Gasteiger partial charge in [0.25, 0.3) is 23.6 Å². The van der Waals surface area contributed by atoms with Crippen molar-refractivity contribution in [2.24, 2.45) is 0 Å². The molecular formula is C33H35N7O12. The molecule has 1 fully saturated rings. The molecule has 274 valence electrons. The molecule has 1 aliphatic rings. The van der Waals surface area contributed by atoms with Crippen molar-refractivity contribution in [2.75, 3.05) is 46.1 Å². The van der Waals surface area contributed by atoms with Gasteiger partial charge >= 0.3 is 23.9 Å². The number of hydrogen-bond acceptors (Lipinski definition) is 14. The Bertz CT molecular complexity index is 1810. The maximum Gasteiger partial charge on any atom is 0.329 e. The van der Waals surface area contributed by atoms with Crippen LogP contribution < -0.4 is 21.3 Å². The number of benzene rings is 1. The van der Waals surface area contributed by atoms with E-state index in [1.807, 2.05) is 43.3 Å². The SMILES string of the molecule is Cc1cccc(-c2ccnn2Cc2ccc(CC3NC(=O)COC(=O)CNC(=O)COC(=O)CNC(=O)COC(=O)CNC(=O)COC3=O)cc2)n1. The van der Waals surface area contributed by atoms with Gasteiger partial charge in [-0.1, -0.05) is 30.3 Å². The van der Waals surface area contributed by atoms with Gasteiger partial charge in [-0.3, -0.25) is 43.2 Å². The Hall–Kier alpha value is -6.66. The second kappa shape index (κ2) is 18.9. The highest BCUT2D eigenvalue weighted by atomic mass is 16.6. The van der Waals surface area contributed by atoms with Crippen LogP contribution in [0.1, 0.15) is 16.8 Å². The molecule has 4 N–H and O–H groups in total. The highest BCUT2D eigenvalue weighted by Crippen LogP contribution is 2.18. The Morgan fingerprint density at radius 2 is 1.17 bits per heavy atom. The second-order valence-corrected chi connectivity index (χ2v) is 11.1. The van der Waals surface area contributed by atoms with E-state index in [1.165, 1.54) is 0 Å². The maximum atomic E-state index is 13.1. The van der Waals surface area contributed by atoms with E-state index in [0.29, 0.717) is 12.1 Å². The topological polar surface area (TPSA) is 252 Å². The summed E-state index contributed by atoms with van der Waals surface area (Å²) >= 11 is 0. The van der Waals surface area contributed by atoms with Crippen LogP contribution in [0.2, 0.25) is 0 Å². The molecule has 0 aliphatic carbocycles. The van der Waals surface area contributed by atoms with Crippen molar-refractivity contribution in [1.82, 2.24) is 36.0 Å². The van der Waals surface area contributed by atoms with Crippen LogP contribution in [0.3, 0.4) is 0 Å². The first-order chi connectivity index (χ1) is 24.9. The molecule has 0 saturated carbocycles. The Labute approximate surface area is 295 Å². The monoisotopic (exact) mass is 721 g/mol. The van der Waals surface area contributed by atoms with E-state index in [4.69, 9.17) is 14.2 Å². The zero-order valence-corrected chi connectivity index (χ0v) is 27.9. The van der Waals surface area contributed by atoms with E-state index >= 15 is 0 Å². The van der Waals surface area contributed by atoms with Crippen molar-refractivity contribution < 1.29 is 57.3 Å². The van der Waals surface area contributed by atoms with Crippen LogP contribution in [-0.2, 0) is 70.3 Å². The van der Waals surface area contributed by atoms with Crippen LogP contribution >= 0.6 is 0 Å². The fraction of sp³-hybridized carbons (Fsp3) is 0.333. The smallest absolute Gasteiger partial charge is 0.329 e. The minimum absolute atomic E-state index is 0.0934. The predicted octanol–water partition coefficient (Wildman–Crippen LogP) is -2.14. The van der Waals surface area contributed by atoms with Gasteiger partial charge in [-0.05, 0) is 36.2 Å². The molecule has 52 heavy (non-hydrogen) atoms. The number of nitrogens with one attached hydrogen (secondary N) is 4. The van der Waals surface area contributed by atoms with Gasteiger partial charge in [0.05, 0.1) is 17.9 Å². The molecule has 19 heteroatoms. The maximum absolute atomic E-state index is 13.1. The lowest BCUT2D eigenvalue weighted by Gasteiger charge is -2.18. The third-order valence-corrected chi connectivity index (χ3v) is 7.01. The molecule has 1 aromatic carbocycles. The van der Waals surface area contributed by atoms with E-state index in [1.54, 1.807) is 23.0 Å². The number of carbonyl (C=O) groups is 8. The first kappa shape index (κ1) is 38.1. The zero-order chi connectivity index (χ0) is 37.5. The van der Waals surface area contributed by atoms with Crippen LogP contribution in [0.4, 0.5) is 0 Å². The number of ether oxygens (including phenoxy) is 4. The Kier molecular flexibility index (Phi) is 13.9. The minimum atomic E-state index is -1.35. The number of nitrogens with zero attached hydrogens (tertiary/aromatic N) is 3. The molecule has 0 radical (unpaired) electrons. The Balaban J connectivity index is 1.41. The Morgan fingerprint density at radius 3 is 1.73 bits per heavy atom. The van der Waals surface area contributed by atoms with Gasteiger partial charge in [-0.15, -0.1) is 0 Å². The summed E-state index contributed by atoms with van der Waals surface area (Å²) in [6.45, 7) is -2.98. The lowest BCUT2D eigenvalue weighted by atomic mass is 10.0. The third-order valence-electron chi connectivity index (χ3n) is 7.01. The summed E-state index contributed by atoms with van der Waals surface area (Å²) < 4.78 is 21.1. The standard InChI is InChI=1S/C33H35N7O12/c1-20-3-2-4-23(38-20)25-9-10-37-40(25)15-22-7-5-21(6-8-22)11-24-33(48)52-18-28(43)36-13-31(46)50-16-26(41)34-12-30(45)49-17-27(42)35-14-32(47)51-19-29(44)39-24/h2-10,24H,11-19H2,1H3,(H,34,41)(H,35,42)(H,36,43)(H,39,44). The summed E-state index contributed by atoms with van der Waals surface area (Å²) in [7, 11) is 0. The molecule has 4 amide bonds. The molecule has 2 aromatic heterocycles. The van der Waals surface area contributed by atoms with Crippen molar-refractivity contribution in [3.63, 3.8) is 0 Å². The van der Waals surface area contributed by atoms with E-state index in [2.05, 4.69) is 36.1 Å². The summed E-state index contributed by atoms with van der Waals surface area (Å²) in [4.78, 5) is 102. The fourth-order valence-electron chi connectivity index (χ4n) is 4.47. The molecule has 0 spiro atoms. The van der Waals surface area contributed by atoms with Gasteiger partial charge in [0.1, 0.15) is 25.7 Å². The summed E-state index contributed by atoms with van der Waals surface area (Å²) in [5.41, 5.74) is 3.91. The molecule has 1 aliphatic heterocycles. The van der Waals surface area contributed by atoms with Crippen molar-refractivity contribution in [3.8, 4) is 11.4 Å². The molecule has 4 rings (SSSR count). The van der Waals surface area contributed by atoms with Crippen molar-refractivity contribution >= 4 is 47.5 Å². The molecule has 19 nitrogen and oxygen atoms in total. The number of hydrogen-bond donors (Lipinski definition) is 4. The molecule has 1 atom stereocenters. The van der Waals surface area contributed by atoms with Gasteiger partial charge < -0.3 is 40.2 Å². The summed E-state index contributed by atoms with van der Waals surface area (Å²) in [5.74, 6) is -7.59. The van der Waals surface area contributed by atoms with Crippen LogP contribution in [0.25, 0.3) is 11.4 Å². The number of carbonyl (C=O) groups excluding carboxylic acids is 8. The van der Waals surface area contributed by atoms with Gasteiger partial charge in [-0.25, -0.2) is 4.79 Å². The highest BCUT2D eigenvalue weighted by Gasteiger charge is 2.25. The van der Waals surface area contributed by atoms with Crippen molar-refractivity contribution in [2.45, 2.75) is 25.9 Å². The second-order valence-electron chi connectivity index (χ2n) is 11.1. The fourth-order valence-corrected chi connectivity index (χ4v) is 4.47. The number of cyclic esters (lactones) is 4. The van der Waals surface area contributed by atoms with Crippen LogP contribution in [0, 0.1) is 6.92 Å². The largest absolute Gasteiger partial charge is 0.454 e. The van der Waals surface area contributed by atoms with Crippen LogP contribution in [-0.4, -0.2) is 114 Å². The van der Waals surface area contributed by atoms with E-state index in [-0.39, 0.29) is 6.42 Å². The quantitative estimate of drug-likeness (QED) is 0.162. The summed E-state index contributed by atoms with van der Waals surface area (Å²) in [5, 5.41) is 13.2. The predicted molar refractivity (Wildman–Crippen MR) is 174 cm³/mol. The Morgan fingerprint density at radius 1 is 0.654 bits per heavy atom. The highest BCUT2D eigenvalue weighted by molar-refractivity contribution is 5.90. The normalized spacial score (nSPS) is 17.9. The summed E-state index contributed by atoms with van der Waals surface area (Å²) in [6, 6.07) is 13.3. The van der Waals surface area contributed by atoms with E-state index in [0.717, 1.165) is 22.6 Å². The van der Waals surface area contributed by atoms with Crippen LogP contribution in [0.5, 0.6) is 0 Å². The molecule has 1 saturated heterocycles. The number of aryl methyl sites for hydroxylation is 1. The van der Waals surface area contributed by atoms with Gasteiger partial charge in [-0.2, -0.15) is 5.10 Å². The number of amides is 4. The summed E-state index contributed by atoms with van der Waals surface area (Å²) in [6.07, 6.45) is 1.58. The molecule has 1 unspecified atom stereocenters. The minimum Gasteiger partial charge on any atom is -0.454 e. The first-order valence-corrected chi connectivity index (χ1v) is 15.7. The number of esters is 4. The van der Waals surface area contributed by atoms with Gasteiger partial charge in [0, 0.05) is 18.3 Å². The van der Waals surface area contributed by atoms with Crippen molar-refractivity contribution in [3.05, 3.63) is 71.5 Å². The van der Waals surface area contributed by atoms with E-state index < -0.39 is 99.6 Å². The number of aromatic nitrogens is 3. The average Bonchev–Trinajstić information content (AvgIpc) is 3.60. The first-order valence-electron chi connectivity index (χ1n) is 15.7. The van der Waals surface area contributed by atoms with Crippen molar-refractivity contribution in [1.29, 1.82) is 0 Å². The lowest BCUT2D eigenvalue weighted by molar-refractivity contribution is -0.154. The van der Waals surface area contributed by atoms with E-state index in [9.17, 15) is 38.4 Å². The number of pyridine rings is 1. The zero-order valence-electron chi connectivity index (χ0n) is 27.9. The van der Waals surface area contributed by atoms with Gasteiger partial charge in [0.2, 0.25) is 0 Å². The van der Waals surface area contributed by atoms with Crippen LogP contribution in [0.15, 0.2) is 54.7 Å². The average molecular weight is 722 g/mol. The molecule has 3 aromatic rings.